The lowest BCUT2D eigenvalue weighted by Crippen LogP contribution is -2.41. The van der Waals surface area contributed by atoms with Crippen molar-refractivity contribution in [2.45, 2.75) is 37.9 Å². The maximum atomic E-state index is 11.2. The van der Waals surface area contributed by atoms with Gasteiger partial charge in [0.2, 0.25) is 0 Å². The van der Waals surface area contributed by atoms with Gasteiger partial charge >= 0.3 is 0 Å². The van der Waals surface area contributed by atoms with Gasteiger partial charge in [-0.1, -0.05) is 17.7 Å². The number of nitrogens with zero attached hydrogens (tertiary/aromatic N) is 1. The Labute approximate surface area is 122 Å². The number of halogens is 1. The minimum atomic E-state index is -0.376. The summed E-state index contributed by atoms with van der Waals surface area (Å²) in [6, 6.07) is 4.80. The van der Waals surface area contributed by atoms with Crippen LogP contribution in [0.15, 0.2) is 18.2 Å². The van der Waals surface area contributed by atoms with Crippen LogP contribution in [0.2, 0.25) is 5.02 Å². The lowest BCUT2D eigenvalue weighted by molar-refractivity contribution is -0.385. The zero-order chi connectivity index (χ0) is 14.3. The van der Waals surface area contributed by atoms with Gasteiger partial charge in [-0.3, -0.25) is 10.1 Å². The second kappa shape index (κ2) is 4.98. The molecule has 108 valence electrons. The van der Waals surface area contributed by atoms with Crippen molar-refractivity contribution in [3.05, 3.63) is 38.9 Å². The van der Waals surface area contributed by atoms with E-state index >= 15 is 0 Å². The molecule has 2 heterocycles. The van der Waals surface area contributed by atoms with E-state index in [1.807, 2.05) is 0 Å². The molecule has 0 amide bonds. The van der Waals surface area contributed by atoms with Crippen LogP contribution in [0.3, 0.4) is 0 Å². The second-order valence-electron chi connectivity index (χ2n) is 5.77. The molecule has 0 radical (unpaired) electrons. The van der Waals surface area contributed by atoms with E-state index in [2.05, 4.69) is 0 Å². The summed E-state index contributed by atoms with van der Waals surface area (Å²) in [5.41, 5.74) is 6.44. The molecule has 0 saturated carbocycles. The van der Waals surface area contributed by atoms with Crippen LogP contribution >= 0.6 is 11.6 Å². The van der Waals surface area contributed by atoms with Crippen molar-refractivity contribution >= 4 is 17.3 Å². The number of nitro benzene ring substituents is 1. The summed E-state index contributed by atoms with van der Waals surface area (Å²) in [5, 5.41) is 11.6. The van der Waals surface area contributed by atoms with Gasteiger partial charge in [0.15, 0.2) is 0 Å². The number of nitro groups is 1. The van der Waals surface area contributed by atoms with Crippen LogP contribution in [-0.4, -0.2) is 23.7 Å². The molecule has 2 aliphatic rings. The summed E-state index contributed by atoms with van der Waals surface area (Å²) in [6.07, 6.45) is 3.80. The zero-order valence-corrected chi connectivity index (χ0v) is 11.8. The fraction of sp³-hybridized carbons (Fsp3) is 0.571. The summed E-state index contributed by atoms with van der Waals surface area (Å²) in [4.78, 5) is 10.8. The van der Waals surface area contributed by atoms with Crippen molar-refractivity contribution in [2.75, 3.05) is 6.54 Å². The lowest BCUT2D eigenvalue weighted by Gasteiger charge is -2.34. The fourth-order valence-electron chi connectivity index (χ4n) is 3.61. The molecule has 0 aliphatic carbocycles. The molecule has 2 N–H and O–H groups in total. The Bertz CT molecular complexity index is 551. The molecule has 1 aromatic carbocycles. The van der Waals surface area contributed by atoms with E-state index in [4.69, 9.17) is 22.1 Å². The van der Waals surface area contributed by atoms with Crippen LogP contribution in [0.25, 0.3) is 0 Å². The van der Waals surface area contributed by atoms with Gasteiger partial charge in [0.05, 0.1) is 22.2 Å². The highest BCUT2D eigenvalue weighted by Gasteiger charge is 2.52. The summed E-state index contributed by atoms with van der Waals surface area (Å²) < 4.78 is 5.90. The van der Waals surface area contributed by atoms with E-state index in [0.29, 0.717) is 23.6 Å². The molecule has 0 aromatic heterocycles. The van der Waals surface area contributed by atoms with Crippen molar-refractivity contribution < 1.29 is 9.66 Å². The van der Waals surface area contributed by atoms with Gasteiger partial charge in [0.25, 0.3) is 5.69 Å². The molecular weight excluding hydrogens is 280 g/mol. The average molecular weight is 297 g/mol. The first kappa shape index (κ1) is 13.8. The molecule has 2 bridgehead atoms. The highest BCUT2D eigenvalue weighted by molar-refractivity contribution is 6.31. The third kappa shape index (κ3) is 2.10. The topological polar surface area (TPSA) is 78.4 Å². The van der Waals surface area contributed by atoms with Crippen LogP contribution in [0.1, 0.15) is 24.8 Å². The van der Waals surface area contributed by atoms with Crippen molar-refractivity contribution in [2.24, 2.45) is 11.1 Å². The van der Waals surface area contributed by atoms with E-state index in [9.17, 15) is 10.1 Å². The van der Waals surface area contributed by atoms with Crippen LogP contribution in [-0.2, 0) is 11.2 Å². The van der Waals surface area contributed by atoms with Crippen LogP contribution in [0, 0.1) is 15.5 Å². The van der Waals surface area contributed by atoms with Gasteiger partial charge < -0.3 is 10.5 Å². The molecule has 1 aromatic rings. The van der Waals surface area contributed by atoms with Gasteiger partial charge in [-0.25, -0.2) is 0 Å². The number of benzene rings is 1. The van der Waals surface area contributed by atoms with E-state index < -0.39 is 0 Å². The smallest absolute Gasteiger partial charge is 0.274 e. The molecule has 3 unspecified atom stereocenters. The number of rotatable bonds is 4. The molecule has 6 heteroatoms. The Morgan fingerprint density at radius 2 is 2.30 bits per heavy atom. The summed E-state index contributed by atoms with van der Waals surface area (Å²) >= 11 is 6.19. The number of hydrogen-bond donors (Lipinski definition) is 1. The first-order chi connectivity index (χ1) is 9.55. The van der Waals surface area contributed by atoms with E-state index in [1.165, 1.54) is 6.07 Å². The summed E-state index contributed by atoms with van der Waals surface area (Å²) in [5.74, 6) is 0. The third-order valence-corrected chi connectivity index (χ3v) is 5.01. The van der Waals surface area contributed by atoms with Gasteiger partial charge in [-0.15, -0.1) is 0 Å². The molecule has 2 fully saturated rings. The molecule has 3 rings (SSSR count). The van der Waals surface area contributed by atoms with Crippen molar-refractivity contribution in [1.82, 2.24) is 0 Å². The standard InChI is InChI=1S/C14H17ClN2O3/c15-11-2-1-3-12(17(18)19)10(11)7-14(8-16)6-9-4-5-13(14)20-9/h1-3,9,13H,4-8,16H2. The summed E-state index contributed by atoms with van der Waals surface area (Å²) in [7, 11) is 0. The predicted octanol–water partition coefficient (Wildman–Crippen LogP) is 2.69. The Kier molecular flexibility index (Phi) is 3.44. The van der Waals surface area contributed by atoms with E-state index in [1.54, 1.807) is 12.1 Å². The molecule has 2 aliphatic heterocycles. The van der Waals surface area contributed by atoms with Crippen LogP contribution in [0.5, 0.6) is 0 Å². The minimum Gasteiger partial charge on any atom is -0.374 e. The van der Waals surface area contributed by atoms with Crippen molar-refractivity contribution in [1.29, 1.82) is 0 Å². The number of hydrogen-bond acceptors (Lipinski definition) is 4. The summed E-state index contributed by atoms with van der Waals surface area (Å²) in [6.45, 7) is 0.469. The zero-order valence-electron chi connectivity index (χ0n) is 11.0. The fourth-order valence-corrected chi connectivity index (χ4v) is 3.85. The van der Waals surface area contributed by atoms with Gasteiger partial charge in [0.1, 0.15) is 0 Å². The normalized spacial score (nSPS) is 31.7. The highest BCUT2D eigenvalue weighted by atomic mass is 35.5. The van der Waals surface area contributed by atoms with Gasteiger partial charge in [0, 0.05) is 23.6 Å². The minimum absolute atomic E-state index is 0.0769. The number of nitrogens with two attached hydrogens (primary N) is 1. The predicted molar refractivity (Wildman–Crippen MR) is 75.8 cm³/mol. The number of ether oxygens (including phenoxy) is 1. The monoisotopic (exact) mass is 296 g/mol. The van der Waals surface area contributed by atoms with Crippen LogP contribution in [0.4, 0.5) is 5.69 Å². The second-order valence-corrected chi connectivity index (χ2v) is 6.17. The van der Waals surface area contributed by atoms with Crippen molar-refractivity contribution in [3.8, 4) is 0 Å². The van der Waals surface area contributed by atoms with E-state index in [-0.39, 0.29) is 28.2 Å². The van der Waals surface area contributed by atoms with Crippen molar-refractivity contribution in [3.63, 3.8) is 0 Å². The Hall–Kier alpha value is -1.17. The molecule has 20 heavy (non-hydrogen) atoms. The Balaban J connectivity index is 1.96. The average Bonchev–Trinajstić information content (AvgIpc) is 3.01. The molecule has 0 spiro atoms. The van der Waals surface area contributed by atoms with E-state index in [0.717, 1.165) is 19.3 Å². The molecular formula is C14H17ClN2O3. The van der Waals surface area contributed by atoms with Gasteiger partial charge in [-0.05, 0) is 31.7 Å². The third-order valence-electron chi connectivity index (χ3n) is 4.65. The first-order valence-electron chi connectivity index (χ1n) is 6.83. The van der Waals surface area contributed by atoms with Gasteiger partial charge in [-0.2, -0.15) is 0 Å². The Morgan fingerprint density at radius 3 is 2.85 bits per heavy atom. The SMILES string of the molecule is NCC1(Cc2c(Cl)cccc2[N+](=O)[O-])CC2CCC1O2. The number of fused-ring (bicyclic) bond motifs is 2. The first-order valence-corrected chi connectivity index (χ1v) is 7.21. The van der Waals surface area contributed by atoms with Crippen LogP contribution < -0.4 is 5.73 Å². The highest BCUT2D eigenvalue weighted by Crippen LogP contribution is 2.50. The molecule has 5 nitrogen and oxygen atoms in total. The maximum absolute atomic E-state index is 11.2. The molecule has 2 saturated heterocycles. The largest absolute Gasteiger partial charge is 0.374 e. The molecule has 3 atom stereocenters. The lowest BCUT2D eigenvalue weighted by atomic mass is 9.70. The quantitative estimate of drug-likeness (QED) is 0.684. The maximum Gasteiger partial charge on any atom is 0.274 e. The Morgan fingerprint density at radius 1 is 1.50 bits per heavy atom.